The Labute approximate surface area is 113 Å². The van der Waals surface area contributed by atoms with E-state index in [1.807, 2.05) is 6.92 Å². The molecular formula is C14H16N2O2S. The molecule has 1 unspecified atom stereocenters. The highest BCUT2D eigenvalue weighted by Gasteiger charge is 2.17. The van der Waals surface area contributed by atoms with Crippen LogP contribution in [-0.4, -0.2) is 13.4 Å². The Bertz CT molecular complexity index is 637. The third-order valence-corrected chi connectivity index (χ3v) is 4.43. The Balaban J connectivity index is 2.20. The lowest BCUT2D eigenvalue weighted by atomic mass is 10.1. The standard InChI is InChI=1S/C14H16N2O2S/c1-11-3-5-14(6-4-11)19(17,18)16-12(2)13-7-9-15-10-8-13/h3-10,12,16H,1-2H3. The number of aromatic nitrogens is 1. The number of rotatable bonds is 4. The minimum Gasteiger partial charge on any atom is -0.265 e. The molecule has 2 rings (SSSR count). The van der Waals surface area contributed by atoms with Gasteiger partial charge in [0.05, 0.1) is 4.90 Å². The molecule has 5 heteroatoms. The van der Waals surface area contributed by atoms with Gasteiger partial charge in [-0.2, -0.15) is 0 Å². The van der Waals surface area contributed by atoms with Crippen molar-refractivity contribution < 1.29 is 8.42 Å². The molecule has 1 aromatic heterocycles. The van der Waals surface area contributed by atoms with Crippen molar-refractivity contribution in [2.75, 3.05) is 0 Å². The molecule has 19 heavy (non-hydrogen) atoms. The number of sulfonamides is 1. The summed E-state index contributed by atoms with van der Waals surface area (Å²) < 4.78 is 27.1. The van der Waals surface area contributed by atoms with E-state index in [0.717, 1.165) is 11.1 Å². The predicted molar refractivity (Wildman–Crippen MR) is 74.2 cm³/mol. The van der Waals surface area contributed by atoms with Gasteiger partial charge in [-0.1, -0.05) is 17.7 Å². The van der Waals surface area contributed by atoms with Crippen molar-refractivity contribution in [1.82, 2.24) is 9.71 Å². The highest BCUT2D eigenvalue weighted by molar-refractivity contribution is 7.89. The molecule has 0 aliphatic heterocycles. The number of nitrogens with zero attached hydrogens (tertiary/aromatic N) is 1. The fraction of sp³-hybridized carbons (Fsp3) is 0.214. The Kier molecular flexibility index (Phi) is 3.97. The van der Waals surface area contributed by atoms with Gasteiger partial charge in [0, 0.05) is 18.4 Å². The Morgan fingerprint density at radius 2 is 1.63 bits per heavy atom. The van der Waals surface area contributed by atoms with Crippen LogP contribution in [0.3, 0.4) is 0 Å². The summed E-state index contributed by atoms with van der Waals surface area (Å²) in [6.45, 7) is 3.73. The molecule has 2 aromatic rings. The van der Waals surface area contributed by atoms with Gasteiger partial charge in [-0.15, -0.1) is 0 Å². The maximum absolute atomic E-state index is 12.2. The molecular weight excluding hydrogens is 260 g/mol. The molecule has 100 valence electrons. The van der Waals surface area contributed by atoms with Crippen LogP contribution in [0.15, 0.2) is 53.7 Å². The second-order valence-electron chi connectivity index (χ2n) is 4.44. The number of pyridine rings is 1. The number of aryl methyl sites for hydroxylation is 1. The second kappa shape index (κ2) is 5.50. The van der Waals surface area contributed by atoms with E-state index in [-0.39, 0.29) is 10.9 Å². The summed E-state index contributed by atoms with van der Waals surface area (Å²) >= 11 is 0. The first-order valence-electron chi connectivity index (χ1n) is 5.98. The van der Waals surface area contributed by atoms with Gasteiger partial charge < -0.3 is 0 Å². The van der Waals surface area contributed by atoms with E-state index in [1.54, 1.807) is 55.7 Å². The van der Waals surface area contributed by atoms with Crippen LogP contribution in [0.1, 0.15) is 24.1 Å². The molecule has 1 heterocycles. The SMILES string of the molecule is Cc1ccc(S(=O)(=O)NC(C)c2ccncc2)cc1. The summed E-state index contributed by atoms with van der Waals surface area (Å²) in [4.78, 5) is 4.19. The van der Waals surface area contributed by atoms with Gasteiger partial charge >= 0.3 is 0 Å². The number of hydrogen-bond acceptors (Lipinski definition) is 3. The van der Waals surface area contributed by atoms with Gasteiger partial charge in [-0.25, -0.2) is 13.1 Å². The zero-order chi connectivity index (χ0) is 13.9. The van der Waals surface area contributed by atoms with Crippen LogP contribution in [0.25, 0.3) is 0 Å². The smallest absolute Gasteiger partial charge is 0.241 e. The largest absolute Gasteiger partial charge is 0.265 e. The lowest BCUT2D eigenvalue weighted by Gasteiger charge is -2.14. The molecule has 1 aromatic carbocycles. The lowest BCUT2D eigenvalue weighted by Crippen LogP contribution is -2.26. The van der Waals surface area contributed by atoms with E-state index >= 15 is 0 Å². The topological polar surface area (TPSA) is 59.1 Å². The van der Waals surface area contributed by atoms with E-state index in [9.17, 15) is 8.42 Å². The first kappa shape index (κ1) is 13.7. The van der Waals surface area contributed by atoms with Crippen molar-refractivity contribution in [2.45, 2.75) is 24.8 Å². The number of hydrogen-bond donors (Lipinski definition) is 1. The first-order valence-corrected chi connectivity index (χ1v) is 7.46. The van der Waals surface area contributed by atoms with Gasteiger partial charge in [-0.3, -0.25) is 4.98 Å². The highest BCUT2D eigenvalue weighted by Crippen LogP contribution is 2.16. The Morgan fingerprint density at radius 1 is 1.05 bits per heavy atom. The van der Waals surface area contributed by atoms with Crippen molar-refractivity contribution in [3.63, 3.8) is 0 Å². The van der Waals surface area contributed by atoms with Gasteiger partial charge in [0.1, 0.15) is 0 Å². The second-order valence-corrected chi connectivity index (χ2v) is 6.15. The summed E-state index contributed by atoms with van der Waals surface area (Å²) in [5.41, 5.74) is 1.91. The lowest BCUT2D eigenvalue weighted by molar-refractivity contribution is 0.567. The van der Waals surface area contributed by atoms with Gasteiger partial charge in [-0.05, 0) is 43.7 Å². The van der Waals surface area contributed by atoms with E-state index in [0.29, 0.717) is 0 Å². The average Bonchev–Trinajstić information content (AvgIpc) is 2.40. The van der Waals surface area contributed by atoms with Gasteiger partial charge in [0.2, 0.25) is 10.0 Å². The van der Waals surface area contributed by atoms with Crippen molar-refractivity contribution >= 4 is 10.0 Å². The molecule has 0 saturated heterocycles. The minimum absolute atomic E-state index is 0.277. The van der Waals surface area contributed by atoms with Gasteiger partial charge in [0.25, 0.3) is 0 Å². The quantitative estimate of drug-likeness (QED) is 0.933. The van der Waals surface area contributed by atoms with Crippen LogP contribution >= 0.6 is 0 Å². The van der Waals surface area contributed by atoms with Crippen LogP contribution in [-0.2, 0) is 10.0 Å². The van der Waals surface area contributed by atoms with Crippen LogP contribution in [0.5, 0.6) is 0 Å². The summed E-state index contributed by atoms with van der Waals surface area (Å²) in [5.74, 6) is 0. The molecule has 0 radical (unpaired) electrons. The van der Waals surface area contributed by atoms with Crippen molar-refractivity contribution in [3.05, 3.63) is 59.9 Å². The maximum Gasteiger partial charge on any atom is 0.241 e. The van der Waals surface area contributed by atoms with Crippen LogP contribution in [0, 0.1) is 6.92 Å². The van der Waals surface area contributed by atoms with Crippen LogP contribution in [0.2, 0.25) is 0 Å². The molecule has 0 amide bonds. The number of nitrogens with one attached hydrogen (secondary N) is 1. The molecule has 4 nitrogen and oxygen atoms in total. The third kappa shape index (κ3) is 3.39. The maximum atomic E-state index is 12.2. The zero-order valence-electron chi connectivity index (χ0n) is 10.9. The van der Waals surface area contributed by atoms with Gasteiger partial charge in [0.15, 0.2) is 0 Å². The zero-order valence-corrected chi connectivity index (χ0v) is 11.7. The molecule has 0 bridgehead atoms. The van der Waals surface area contributed by atoms with Crippen molar-refractivity contribution in [2.24, 2.45) is 0 Å². The summed E-state index contributed by atoms with van der Waals surface area (Å²) in [7, 11) is -3.49. The third-order valence-electron chi connectivity index (χ3n) is 2.87. The fourth-order valence-corrected chi connectivity index (χ4v) is 2.97. The minimum atomic E-state index is -3.49. The predicted octanol–water partition coefficient (Wildman–Crippen LogP) is 2.43. The summed E-state index contributed by atoms with van der Waals surface area (Å²) in [6.07, 6.45) is 3.29. The molecule has 0 aliphatic rings. The molecule has 0 fully saturated rings. The normalized spacial score (nSPS) is 13.2. The van der Waals surface area contributed by atoms with E-state index in [4.69, 9.17) is 0 Å². The Morgan fingerprint density at radius 3 is 2.21 bits per heavy atom. The molecule has 0 aliphatic carbocycles. The monoisotopic (exact) mass is 276 g/mol. The molecule has 1 atom stereocenters. The van der Waals surface area contributed by atoms with Crippen LogP contribution in [0.4, 0.5) is 0 Å². The highest BCUT2D eigenvalue weighted by atomic mass is 32.2. The first-order chi connectivity index (χ1) is 8.99. The fourth-order valence-electron chi connectivity index (χ4n) is 1.74. The molecule has 1 N–H and O–H groups in total. The number of benzene rings is 1. The van der Waals surface area contributed by atoms with Crippen molar-refractivity contribution in [3.8, 4) is 0 Å². The van der Waals surface area contributed by atoms with E-state index in [1.165, 1.54) is 0 Å². The summed E-state index contributed by atoms with van der Waals surface area (Å²) in [5, 5.41) is 0. The average molecular weight is 276 g/mol. The van der Waals surface area contributed by atoms with Crippen LogP contribution < -0.4 is 4.72 Å². The van der Waals surface area contributed by atoms with Crippen molar-refractivity contribution in [1.29, 1.82) is 0 Å². The van der Waals surface area contributed by atoms with E-state index in [2.05, 4.69) is 9.71 Å². The Hall–Kier alpha value is -1.72. The molecule has 0 spiro atoms. The molecule has 0 saturated carbocycles. The summed E-state index contributed by atoms with van der Waals surface area (Å²) in [6, 6.07) is 10.1. The van der Waals surface area contributed by atoms with E-state index < -0.39 is 10.0 Å².